The number of hydrogen-bond donors (Lipinski definition) is 1. The Morgan fingerprint density at radius 2 is 2.00 bits per heavy atom. The van der Waals surface area contributed by atoms with E-state index in [1.54, 1.807) is 16.7 Å². The molecule has 0 radical (unpaired) electrons. The molecule has 142 valence electrons. The second-order valence-corrected chi connectivity index (χ2v) is 8.86. The van der Waals surface area contributed by atoms with Crippen LogP contribution in [-0.2, 0) is 9.59 Å². The van der Waals surface area contributed by atoms with Gasteiger partial charge in [-0.1, -0.05) is 36.4 Å². The molecule has 2 aliphatic rings. The quantitative estimate of drug-likeness (QED) is 0.742. The predicted octanol–water partition coefficient (Wildman–Crippen LogP) is 3.39. The molecule has 1 N–H and O–H groups in total. The number of pyridine rings is 1. The molecular weight excluding hydrogens is 372 g/mol. The Labute approximate surface area is 166 Å². The zero-order valence-electron chi connectivity index (χ0n) is 15.5. The number of benzene rings is 1. The third kappa shape index (κ3) is 2.61. The number of aromatic nitrogens is 2. The van der Waals surface area contributed by atoms with Gasteiger partial charge in [0.25, 0.3) is 0 Å². The first-order valence-electron chi connectivity index (χ1n) is 9.36. The van der Waals surface area contributed by atoms with E-state index in [0.717, 1.165) is 23.3 Å². The van der Waals surface area contributed by atoms with Gasteiger partial charge in [-0.05, 0) is 25.5 Å². The standard InChI is InChI=1S/C21H20N4O2S/c1-21-11-10-17(26)25(21)15(13-28-21)20(27)23-19-18(14-7-3-2-4-8-14)22-16-9-5-6-12-24(16)19/h2-9,12,15H,10-11,13H2,1H3,(H,23,27). The zero-order valence-corrected chi connectivity index (χ0v) is 16.3. The number of rotatable bonds is 3. The van der Waals surface area contributed by atoms with Crippen LogP contribution >= 0.6 is 11.8 Å². The van der Waals surface area contributed by atoms with Gasteiger partial charge in [0.05, 0.1) is 4.87 Å². The summed E-state index contributed by atoms with van der Waals surface area (Å²) >= 11 is 1.69. The number of imidazole rings is 1. The summed E-state index contributed by atoms with van der Waals surface area (Å²) in [5.74, 6) is 1.16. The number of carbonyl (C=O) groups excluding carboxylic acids is 2. The monoisotopic (exact) mass is 392 g/mol. The maximum atomic E-state index is 13.2. The van der Waals surface area contributed by atoms with Gasteiger partial charge in [-0.3, -0.25) is 14.0 Å². The minimum atomic E-state index is -0.456. The smallest absolute Gasteiger partial charge is 0.249 e. The van der Waals surface area contributed by atoms with E-state index in [0.29, 0.717) is 18.0 Å². The van der Waals surface area contributed by atoms with Crippen LogP contribution < -0.4 is 5.32 Å². The molecule has 5 rings (SSSR count). The van der Waals surface area contributed by atoms with Crippen molar-refractivity contribution >= 4 is 35.0 Å². The van der Waals surface area contributed by atoms with Crippen LogP contribution in [0.5, 0.6) is 0 Å². The van der Waals surface area contributed by atoms with E-state index in [2.05, 4.69) is 12.2 Å². The van der Waals surface area contributed by atoms with E-state index in [1.165, 1.54) is 0 Å². The number of nitrogens with one attached hydrogen (secondary N) is 1. The lowest BCUT2D eigenvalue weighted by molar-refractivity contribution is -0.135. The largest absolute Gasteiger partial charge is 0.315 e. The van der Waals surface area contributed by atoms with Crippen LogP contribution in [0.2, 0.25) is 0 Å². The van der Waals surface area contributed by atoms with E-state index >= 15 is 0 Å². The summed E-state index contributed by atoms with van der Waals surface area (Å²) < 4.78 is 1.88. The van der Waals surface area contributed by atoms with Crippen LogP contribution in [0.25, 0.3) is 16.9 Å². The van der Waals surface area contributed by atoms with Gasteiger partial charge in [-0.25, -0.2) is 4.98 Å². The summed E-state index contributed by atoms with van der Waals surface area (Å²) in [6.45, 7) is 2.06. The molecule has 28 heavy (non-hydrogen) atoms. The Bertz CT molecular complexity index is 1080. The molecule has 2 atom stereocenters. The van der Waals surface area contributed by atoms with Crippen molar-refractivity contribution in [2.45, 2.75) is 30.7 Å². The third-order valence-electron chi connectivity index (χ3n) is 5.57. The van der Waals surface area contributed by atoms with E-state index < -0.39 is 6.04 Å². The van der Waals surface area contributed by atoms with Crippen LogP contribution in [0.1, 0.15) is 19.8 Å². The third-order valence-corrected chi connectivity index (χ3v) is 7.07. The molecule has 0 saturated carbocycles. The average Bonchev–Trinajstić information content (AvgIpc) is 3.34. The van der Waals surface area contributed by atoms with Gasteiger partial charge in [0, 0.05) is 23.9 Å². The number of thioether (sulfide) groups is 1. The maximum Gasteiger partial charge on any atom is 0.249 e. The van der Waals surface area contributed by atoms with Crippen molar-refractivity contribution in [3.63, 3.8) is 0 Å². The van der Waals surface area contributed by atoms with Crippen LogP contribution in [0, 0.1) is 0 Å². The molecule has 3 aromatic rings. The summed E-state index contributed by atoms with van der Waals surface area (Å²) in [6, 6.07) is 15.1. The topological polar surface area (TPSA) is 66.7 Å². The number of anilines is 1. The van der Waals surface area contributed by atoms with Gasteiger partial charge >= 0.3 is 0 Å². The maximum absolute atomic E-state index is 13.2. The average molecular weight is 392 g/mol. The van der Waals surface area contributed by atoms with E-state index in [9.17, 15) is 9.59 Å². The minimum Gasteiger partial charge on any atom is -0.315 e. The SMILES string of the molecule is CC12CCC(=O)N1C(C(=O)Nc1c(-c3ccccc3)nc3ccccn13)CS2. The van der Waals surface area contributed by atoms with Crippen molar-refractivity contribution in [3.05, 3.63) is 54.7 Å². The normalized spacial score (nSPS) is 24.0. The van der Waals surface area contributed by atoms with Gasteiger partial charge in [-0.15, -0.1) is 11.8 Å². The molecule has 2 unspecified atom stereocenters. The fourth-order valence-corrected chi connectivity index (χ4v) is 5.56. The molecule has 2 saturated heterocycles. The first kappa shape index (κ1) is 17.3. The Balaban J connectivity index is 1.53. The second kappa shape index (κ2) is 6.38. The highest BCUT2D eigenvalue weighted by Gasteiger charge is 2.53. The lowest BCUT2D eigenvalue weighted by Crippen LogP contribution is -2.48. The van der Waals surface area contributed by atoms with Crippen molar-refractivity contribution in [1.29, 1.82) is 0 Å². The van der Waals surface area contributed by atoms with Crippen LogP contribution in [0.3, 0.4) is 0 Å². The number of fused-ring (bicyclic) bond motifs is 2. The predicted molar refractivity (Wildman–Crippen MR) is 110 cm³/mol. The van der Waals surface area contributed by atoms with Crippen molar-refractivity contribution in [2.75, 3.05) is 11.1 Å². The van der Waals surface area contributed by atoms with Crippen molar-refractivity contribution in [3.8, 4) is 11.3 Å². The fourth-order valence-electron chi connectivity index (χ4n) is 4.13. The lowest BCUT2D eigenvalue weighted by Gasteiger charge is -2.29. The summed E-state index contributed by atoms with van der Waals surface area (Å²) in [5.41, 5.74) is 2.42. The van der Waals surface area contributed by atoms with Crippen molar-refractivity contribution in [1.82, 2.24) is 14.3 Å². The number of amides is 2. The van der Waals surface area contributed by atoms with Crippen LogP contribution in [-0.4, -0.2) is 42.8 Å². The van der Waals surface area contributed by atoms with Gasteiger partial charge < -0.3 is 10.2 Å². The molecule has 6 nitrogen and oxygen atoms in total. The molecule has 0 bridgehead atoms. The second-order valence-electron chi connectivity index (χ2n) is 7.36. The van der Waals surface area contributed by atoms with Gasteiger partial charge in [0.2, 0.25) is 11.8 Å². The van der Waals surface area contributed by atoms with Crippen LogP contribution in [0.15, 0.2) is 54.7 Å². The van der Waals surface area contributed by atoms with Crippen molar-refractivity contribution in [2.24, 2.45) is 0 Å². The molecule has 2 aliphatic heterocycles. The number of hydrogen-bond acceptors (Lipinski definition) is 4. The first-order chi connectivity index (χ1) is 13.6. The molecule has 7 heteroatoms. The molecule has 2 aromatic heterocycles. The summed E-state index contributed by atoms with van der Waals surface area (Å²) in [7, 11) is 0. The Kier molecular flexibility index (Phi) is 3.94. The highest BCUT2D eigenvalue weighted by molar-refractivity contribution is 8.01. The van der Waals surface area contributed by atoms with Gasteiger partial charge in [-0.2, -0.15) is 0 Å². The van der Waals surface area contributed by atoms with E-state index in [-0.39, 0.29) is 16.7 Å². The molecule has 4 heterocycles. The molecule has 1 aromatic carbocycles. The van der Waals surface area contributed by atoms with Crippen molar-refractivity contribution < 1.29 is 9.59 Å². The summed E-state index contributed by atoms with van der Waals surface area (Å²) in [5, 5.41) is 3.08. The van der Waals surface area contributed by atoms with Gasteiger partial charge in [0.1, 0.15) is 23.2 Å². The van der Waals surface area contributed by atoms with Crippen LogP contribution in [0.4, 0.5) is 5.82 Å². The minimum absolute atomic E-state index is 0.0640. The van der Waals surface area contributed by atoms with E-state index in [4.69, 9.17) is 4.98 Å². The summed E-state index contributed by atoms with van der Waals surface area (Å²) in [6.07, 6.45) is 3.20. The first-order valence-corrected chi connectivity index (χ1v) is 10.3. The fraction of sp³-hybridized carbons (Fsp3) is 0.286. The Morgan fingerprint density at radius 1 is 1.21 bits per heavy atom. The highest BCUT2D eigenvalue weighted by atomic mass is 32.2. The highest BCUT2D eigenvalue weighted by Crippen LogP contribution is 2.47. The molecular formula is C21H20N4O2S. The Hall–Kier alpha value is -2.80. The lowest BCUT2D eigenvalue weighted by atomic mass is 10.1. The molecule has 2 fully saturated rings. The zero-order chi connectivity index (χ0) is 19.3. The van der Waals surface area contributed by atoms with E-state index in [1.807, 2.05) is 59.1 Å². The Morgan fingerprint density at radius 3 is 2.82 bits per heavy atom. The van der Waals surface area contributed by atoms with Gasteiger partial charge in [0.15, 0.2) is 0 Å². The molecule has 0 spiro atoms. The number of carbonyl (C=O) groups is 2. The molecule has 2 amide bonds. The molecule has 0 aliphatic carbocycles. The number of nitrogens with zero attached hydrogens (tertiary/aromatic N) is 3. The summed E-state index contributed by atoms with van der Waals surface area (Å²) in [4.78, 5) is 31.8.